The summed E-state index contributed by atoms with van der Waals surface area (Å²) < 4.78 is 0. The lowest BCUT2D eigenvalue weighted by molar-refractivity contribution is -0.116. The Morgan fingerprint density at radius 2 is 2.18 bits per heavy atom. The number of amides is 1. The van der Waals surface area contributed by atoms with Gasteiger partial charge in [0.2, 0.25) is 5.91 Å². The van der Waals surface area contributed by atoms with Gasteiger partial charge in [-0.3, -0.25) is 9.78 Å². The number of aromatic nitrogens is 1. The lowest BCUT2D eigenvalue weighted by Crippen LogP contribution is -2.18. The van der Waals surface area contributed by atoms with Crippen molar-refractivity contribution < 1.29 is 4.79 Å². The fourth-order valence-electron chi connectivity index (χ4n) is 0.690. The maximum Gasteiger partial charge on any atom is 0.225 e. The summed E-state index contributed by atoms with van der Waals surface area (Å²) in [6, 6.07) is 3.63. The van der Waals surface area contributed by atoms with Crippen molar-refractivity contribution in [1.29, 1.82) is 0 Å². The van der Waals surface area contributed by atoms with E-state index in [2.05, 4.69) is 10.3 Å². The number of hydrogen-bond acceptors (Lipinski definition) is 2. The minimum Gasteiger partial charge on any atom is -0.352 e. The summed E-state index contributed by atoms with van der Waals surface area (Å²) in [6.07, 6.45) is 3.33. The molecule has 2 radical (unpaired) electrons. The highest BCUT2D eigenvalue weighted by Gasteiger charge is 1.91. The highest BCUT2D eigenvalue weighted by molar-refractivity contribution is 5.79. The van der Waals surface area contributed by atoms with Crippen LogP contribution in [0.3, 0.4) is 0 Å². The summed E-state index contributed by atoms with van der Waals surface area (Å²) >= 11 is 0. The molecule has 1 heterocycles. The predicted octanol–water partition coefficient (Wildman–Crippen LogP) is 0.409. The van der Waals surface area contributed by atoms with Crippen LogP contribution in [0.5, 0.6) is 0 Å². The molecule has 1 aromatic rings. The Kier molecular flexibility index (Phi) is 2.60. The van der Waals surface area contributed by atoms with Crippen LogP contribution in [-0.4, -0.2) is 10.9 Å². The second-order valence-electron chi connectivity index (χ2n) is 2.07. The molecule has 0 saturated heterocycles. The summed E-state index contributed by atoms with van der Waals surface area (Å²) in [7, 11) is 0. The zero-order valence-corrected chi connectivity index (χ0v) is 5.95. The maximum atomic E-state index is 10.3. The molecular formula is C8H8N2O. The summed E-state index contributed by atoms with van der Waals surface area (Å²) in [5.74, 6) is -0.512. The zero-order valence-electron chi connectivity index (χ0n) is 5.95. The second kappa shape index (κ2) is 3.71. The van der Waals surface area contributed by atoms with E-state index in [0.717, 1.165) is 5.56 Å². The van der Waals surface area contributed by atoms with Crippen molar-refractivity contribution in [3.8, 4) is 0 Å². The monoisotopic (exact) mass is 148 g/mol. The number of carbonyl (C=O) groups is 1. The van der Waals surface area contributed by atoms with Gasteiger partial charge < -0.3 is 5.32 Å². The summed E-state index contributed by atoms with van der Waals surface area (Å²) in [5.41, 5.74) is 0.985. The van der Waals surface area contributed by atoms with Gasteiger partial charge in [-0.05, 0) is 17.7 Å². The van der Waals surface area contributed by atoms with Gasteiger partial charge in [-0.1, -0.05) is 0 Å². The number of pyridine rings is 1. The molecular weight excluding hydrogens is 140 g/mol. The molecule has 0 aliphatic rings. The molecule has 0 aliphatic carbocycles. The van der Waals surface area contributed by atoms with Crippen molar-refractivity contribution in [1.82, 2.24) is 10.3 Å². The van der Waals surface area contributed by atoms with Gasteiger partial charge in [0.05, 0.1) is 6.92 Å². The predicted molar refractivity (Wildman–Crippen MR) is 40.4 cm³/mol. The lowest BCUT2D eigenvalue weighted by Gasteiger charge is -1.99. The fourth-order valence-corrected chi connectivity index (χ4v) is 0.690. The minimum atomic E-state index is -0.512. The highest BCUT2D eigenvalue weighted by Crippen LogP contribution is 1.93. The van der Waals surface area contributed by atoms with Crippen LogP contribution in [0.15, 0.2) is 24.5 Å². The highest BCUT2D eigenvalue weighted by atomic mass is 16.1. The van der Waals surface area contributed by atoms with Crippen LogP contribution >= 0.6 is 0 Å². The number of carbonyl (C=O) groups excluding carboxylic acids is 1. The molecule has 0 aromatic carbocycles. The van der Waals surface area contributed by atoms with E-state index in [4.69, 9.17) is 6.92 Å². The van der Waals surface area contributed by atoms with Gasteiger partial charge in [-0.2, -0.15) is 0 Å². The van der Waals surface area contributed by atoms with Crippen LogP contribution in [0, 0.1) is 6.92 Å². The molecule has 0 bridgehead atoms. The molecule has 0 spiro atoms. The third kappa shape index (κ3) is 2.80. The molecule has 0 unspecified atom stereocenters. The van der Waals surface area contributed by atoms with Crippen LogP contribution in [0.2, 0.25) is 0 Å². The number of hydrogen-bond donors (Lipinski definition) is 1. The van der Waals surface area contributed by atoms with Gasteiger partial charge in [-0.15, -0.1) is 0 Å². The molecule has 0 saturated carbocycles. The van der Waals surface area contributed by atoms with Gasteiger partial charge in [0.1, 0.15) is 0 Å². The van der Waals surface area contributed by atoms with Gasteiger partial charge in [0.15, 0.2) is 0 Å². The molecule has 1 amide bonds. The first-order chi connectivity index (χ1) is 5.29. The van der Waals surface area contributed by atoms with Crippen LogP contribution < -0.4 is 5.32 Å². The van der Waals surface area contributed by atoms with Gasteiger partial charge in [0, 0.05) is 18.9 Å². The van der Waals surface area contributed by atoms with Crippen molar-refractivity contribution in [2.75, 3.05) is 0 Å². The van der Waals surface area contributed by atoms with Crippen molar-refractivity contribution >= 4 is 5.91 Å². The Balaban J connectivity index is 2.45. The largest absolute Gasteiger partial charge is 0.352 e. The van der Waals surface area contributed by atoms with Gasteiger partial charge in [0.25, 0.3) is 0 Å². The SMILES string of the molecule is [CH]C(=O)NCc1ccncc1. The van der Waals surface area contributed by atoms with E-state index in [1.165, 1.54) is 0 Å². The second-order valence-corrected chi connectivity index (χ2v) is 2.07. The molecule has 3 heteroatoms. The van der Waals surface area contributed by atoms with E-state index < -0.39 is 5.91 Å². The summed E-state index contributed by atoms with van der Waals surface area (Å²) in [6.45, 7) is 5.33. The number of nitrogens with one attached hydrogen (secondary N) is 1. The van der Waals surface area contributed by atoms with Crippen LogP contribution in [0.1, 0.15) is 5.56 Å². The molecule has 0 aliphatic heterocycles. The maximum absolute atomic E-state index is 10.3. The summed E-state index contributed by atoms with van der Waals surface area (Å²) in [5, 5.41) is 2.47. The average Bonchev–Trinajstić information content (AvgIpc) is 2.03. The Morgan fingerprint density at radius 3 is 2.73 bits per heavy atom. The zero-order chi connectivity index (χ0) is 8.10. The molecule has 0 atom stereocenters. The van der Waals surface area contributed by atoms with Crippen LogP contribution in [0.25, 0.3) is 0 Å². The number of nitrogens with zero attached hydrogens (tertiary/aromatic N) is 1. The average molecular weight is 148 g/mol. The van der Waals surface area contributed by atoms with E-state index in [1.807, 2.05) is 12.1 Å². The van der Waals surface area contributed by atoms with E-state index in [-0.39, 0.29) is 0 Å². The molecule has 1 rings (SSSR count). The smallest absolute Gasteiger partial charge is 0.225 e. The normalized spacial score (nSPS) is 9.18. The first kappa shape index (κ1) is 7.72. The first-order valence-corrected chi connectivity index (χ1v) is 3.21. The molecule has 11 heavy (non-hydrogen) atoms. The van der Waals surface area contributed by atoms with E-state index in [0.29, 0.717) is 6.54 Å². The van der Waals surface area contributed by atoms with Crippen molar-refractivity contribution in [3.05, 3.63) is 37.0 Å². The molecule has 0 fully saturated rings. The van der Waals surface area contributed by atoms with Crippen molar-refractivity contribution in [2.45, 2.75) is 6.54 Å². The van der Waals surface area contributed by atoms with Crippen LogP contribution in [-0.2, 0) is 11.3 Å². The topological polar surface area (TPSA) is 42.0 Å². The van der Waals surface area contributed by atoms with Crippen molar-refractivity contribution in [3.63, 3.8) is 0 Å². The third-order valence-electron chi connectivity index (χ3n) is 1.22. The quantitative estimate of drug-likeness (QED) is 0.660. The summed E-state index contributed by atoms with van der Waals surface area (Å²) in [4.78, 5) is 14.1. The molecule has 56 valence electrons. The van der Waals surface area contributed by atoms with Crippen LogP contribution in [0.4, 0.5) is 0 Å². The Labute approximate surface area is 65.5 Å². The Hall–Kier alpha value is -1.38. The Morgan fingerprint density at radius 1 is 1.55 bits per heavy atom. The minimum absolute atomic E-state index is 0.456. The lowest BCUT2D eigenvalue weighted by atomic mass is 10.3. The van der Waals surface area contributed by atoms with Gasteiger partial charge >= 0.3 is 0 Å². The molecule has 1 N–H and O–H groups in total. The Bertz CT molecular complexity index is 233. The molecule has 1 aromatic heterocycles. The fraction of sp³-hybridized carbons (Fsp3) is 0.125. The van der Waals surface area contributed by atoms with Crippen molar-refractivity contribution in [2.24, 2.45) is 0 Å². The van der Waals surface area contributed by atoms with E-state index >= 15 is 0 Å². The third-order valence-corrected chi connectivity index (χ3v) is 1.22. The van der Waals surface area contributed by atoms with Gasteiger partial charge in [-0.25, -0.2) is 0 Å². The number of rotatable bonds is 2. The first-order valence-electron chi connectivity index (χ1n) is 3.21. The standard InChI is InChI=1S/C8H8N2O/c1-7(11)10-6-8-2-4-9-5-3-8/h1-5H,6H2,(H,10,11). The van der Waals surface area contributed by atoms with E-state index in [1.54, 1.807) is 12.4 Å². The molecule has 3 nitrogen and oxygen atoms in total. The van der Waals surface area contributed by atoms with E-state index in [9.17, 15) is 4.79 Å².